The van der Waals surface area contributed by atoms with Gasteiger partial charge in [0.15, 0.2) is 0 Å². The van der Waals surface area contributed by atoms with Crippen LogP contribution in [0.1, 0.15) is 128 Å². The van der Waals surface area contributed by atoms with Crippen molar-refractivity contribution in [2.75, 3.05) is 34.4 Å². The number of hydrogen-bond acceptors (Lipinski definition) is 5. The van der Waals surface area contributed by atoms with Gasteiger partial charge in [-0.1, -0.05) is 32.6 Å². The molecule has 0 amide bonds. The first-order chi connectivity index (χ1) is 23.4. The van der Waals surface area contributed by atoms with Crippen molar-refractivity contribution < 1.29 is 26.8 Å². The Labute approximate surface area is 310 Å². The van der Waals surface area contributed by atoms with E-state index in [-0.39, 0.29) is 7.92 Å². The molecule has 1 aromatic rings. The van der Waals surface area contributed by atoms with Gasteiger partial charge in [0.1, 0.15) is 0 Å². The minimum atomic E-state index is -2.41. The monoisotopic (exact) mass is 830 g/mol. The van der Waals surface area contributed by atoms with Crippen LogP contribution in [0.2, 0.25) is 6.04 Å². The third kappa shape index (κ3) is 15.8. The molecule has 4 aliphatic rings. The van der Waals surface area contributed by atoms with E-state index in [2.05, 4.69) is 35.8 Å². The summed E-state index contributed by atoms with van der Waals surface area (Å²) in [5.41, 5.74) is 4.80. The van der Waals surface area contributed by atoms with Crippen molar-refractivity contribution in [2.45, 2.75) is 146 Å². The molecule has 1 heterocycles. The van der Waals surface area contributed by atoms with Gasteiger partial charge in [-0.2, -0.15) is 6.67 Å². The number of rotatable bonds is 14. The van der Waals surface area contributed by atoms with Crippen LogP contribution in [-0.2, 0) is 26.8 Å². The molecule has 3 saturated carbocycles. The Balaban J connectivity index is 0.000000205. The molecular weight excluding hydrogens is 763 g/mol. The van der Waals surface area contributed by atoms with Gasteiger partial charge in [-0.25, -0.2) is 0 Å². The average molecular weight is 831 g/mol. The van der Waals surface area contributed by atoms with E-state index in [1.54, 1.807) is 118 Å². The van der Waals surface area contributed by atoms with Crippen LogP contribution in [0.4, 0.5) is 0 Å². The molecule has 10 heteroatoms. The molecule has 3 fully saturated rings. The minimum absolute atomic E-state index is 0.0465. The first-order valence-electron chi connectivity index (χ1n) is 18.9. The van der Waals surface area contributed by atoms with Gasteiger partial charge in [0, 0.05) is 35.3 Å². The van der Waals surface area contributed by atoms with Crippen LogP contribution < -0.4 is 0 Å². The molecule has 0 N–H and O–H groups in total. The van der Waals surface area contributed by atoms with Gasteiger partial charge in [-0.3, -0.25) is 0 Å². The molecule has 0 atom stereocenters. The van der Waals surface area contributed by atoms with Crippen molar-refractivity contribution in [1.82, 2.24) is 9.80 Å². The normalized spacial score (nSPS) is 19.9. The zero-order valence-electron chi connectivity index (χ0n) is 30.5. The number of halogens is 2. The van der Waals surface area contributed by atoms with Crippen molar-refractivity contribution >= 4 is 40.7 Å². The van der Waals surface area contributed by atoms with E-state index in [4.69, 9.17) is 32.7 Å². The van der Waals surface area contributed by atoms with Gasteiger partial charge in [-0.15, -0.1) is 0 Å². The quantitative estimate of drug-likeness (QED) is 0.106. The average Bonchev–Trinajstić information content (AvgIpc) is 3.59. The van der Waals surface area contributed by atoms with Crippen molar-refractivity contribution in [1.29, 1.82) is 0 Å². The van der Waals surface area contributed by atoms with E-state index in [0.717, 1.165) is 31.1 Å². The fourth-order valence-corrected chi connectivity index (χ4v) is 16.8. The maximum absolute atomic E-state index is 5.67. The van der Waals surface area contributed by atoms with Crippen LogP contribution in [0.3, 0.4) is 0 Å². The summed E-state index contributed by atoms with van der Waals surface area (Å²) >= 11 is -1.61. The molecule has 0 bridgehead atoms. The Hall–Kier alpha value is 0.160. The SMILES string of the molecule is C1CCC([PH+](C2CCCCC2)C2CCCCC2)CC1.CCCCN1C=CN(CCC[Si](OC)(OC)OC)[CH-]1.[Cl][Ru]([Cl])=[CH]c1ccccc1. The van der Waals surface area contributed by atoms with E-state index in [0.29, 0.717) is 0 Å². The van der Waals surface area contributed by atoms with Crippen LogP contribution in [0, 0.1) is 6.67 Å². The second-order valence-corrected chi connectivity index (χ2v) is 26.1. The summed E-state index contributed by atoms with van der Waals surface area (Å²) in [7, 11) is 13.9. The summed E-state index contributed by atoms with van der Waals surface area (Å²) < 4.78 is 18.2. The number of hydrogen-bond donors (Lipinski definition) is 0. The molecule has 0 saturated heterocycles. The molecule has 1 aromatic carbocycles. The molecule has 0 spiro atoms. The second kappa shape index (κ2) is 25.2. The number of benzene rings is 1. The van der Waals surface area contributed by atoms with Crippen molar-refractivity contribution in [3.8, 4) is 0 Å². The third-order valence-corrected chi connectivity index (χ3v) is 19.8. The Bertz CT molecular complexity index is 965. The fourth-order valence-electron chi connectivity index (χ4n) is 8.00. The van der Waals surface area contributed by atoms with Crippen molar-refractivity contribution in [3.05, 3.63) is 55.0 Å². The van der Waals surface area contributed by atoms with Crippen LogP contribution in [0.15, 0.2) is 42.7 Å². The molecular formula is C38H67Cl2N2O3PRuSi. The Morgan fingerprint density at radius 2 is 1.17 bits per heavy atom. The number of nitrogens with zero attached hydrogens (tertiary/aromatic N) is 2. The Morgan fingerprint density at radius 1 is 0.729 bits per heavy atom. The van der Waals surface area contributed by atoms with E-state index in [1.807, 2.05) is 34.9 Å². The predicted molar refractivity (Wildman–Crippen MR) is 210 cm³/mol. The van der Waals surface area contributed by atoms with Gasteiger partial charge in [0.2, 0.25) is 0 Å². The molecule has 48 heavy (non-hydrogen) atoms. The summed E-state index contributed by atoms with van der Waals surface area (Å²) in [6.45, 7) is 6.42. The molecule has 0 radical (unpaired) electrons. The molecule has 1 aliphatic heterocycles. The summed E-state index contributed by atoms with van der Waals surface area (Å²) in [4.78, 5) is 4.44. The molecule has 3 aliphatic carbocycles. The Kier molecular flexibility index (Phi) is 22.3. The first kappa shape index (κ1) is 42.6. The summed E-state index contributed by atoms with van der Waals surface area (Å²) in [5.74, 6) is 0. The summed E-state index contributed by atoms with van der Waals surface area (Å²) in [5, 5.41) is 0. The van der Waals surface area contributed by atoms with E-state index < -0.39 is 22.3 Å². The first-order valence-corrected chi connectivity index (χ1v) is 28.0. The predicted octanol–water partition coefficient (Wildman–Crippen LogP) is 11.2. The third-order valence-electron chi connectivity index (χ3n) is 10.6. The zero-order valence-corrected chi connectivity index (χ0v) is 35.8. The van der Waals surface area contributed by atoms with Crippen LogP contribution in [-0.4, -0.2) is 74.6 Å². The topological polar surface area (TPSA) is 34.2 Å². The molecule has 5 rings (SSSR count). The molecule has 5 nitrogen and oxygen atoms in total. The zero-order chi connectivity index (χ0) is 34.5. The fraction of sp³-hybridized carbons (Fsp3) is 0.737. The van der Waals surface area contributed by atoms with Gasteiger partial charge in [0.25, 0.3) is 0 Å². The maximum atomic E-state index is 5.67. The van der Waals surface area contributed by atoms with Crippen LogP contribution >= 0.6 is 27.3 Å². The van der Waals surface area contributed by atoms with Crippen molar-refractivity contribution in [3.63, 3.8) is 0 Å². The van der Waals surface area contributed by atoms with Crippen molar-refractivity contribution in [2.24, 2.45) is 0 Å². The van der Waals surface area contributed by atoms with E-state index in [9.17, 15) is 0 Å². The van der Waals surface area contributed by atoms with Crippen LogP contribution in [0.5, 0.6) is 0 Å². The molecule has 0 unspecified atom stereocenters. The number of unbranched alkanes of at least 4 members (excludes halogenated alkanes) is 1. The molecule has 0 aromatic heterocycles. The van der Waals surface area contributed by atoms with Gasteiger partial charge in [-0.05, 0) is 115 Å². The van der Waals surface area contributed by atoms with Crippen LogP contribution in [0.25, 0.3) is 0 Å². The second-order valence-electron chi connectivity index (χ2n) is 13.9. The van der Waals surface area contributed by atoms with Gasteiger partial charge >= 0.3 is 82.2 Å². The molecule has 278 valence electrons. The standard InChI is InChI=1S/C18H33P.C13H27N2O3Si.C7H6.2ClH.Ru/c1-4-10-16(11-5-1)19(17-12-6-2-7-13-17)18-14-8-3-9-15-18;1-5-6-8-14-10-11-15(13-14)9-7-12-19(16-2,17-3)18-4;1-7-5-3-2-4-6-7;;;/h16-18H,1-15H2;10-11,13H,5-9,12H2,1-4H3;1-6H;2*1H;/q;-1;;;;+2/p-1. The Morgan fingerprint density at radius 3 is 1.56 bits per heavy atom. The van der Waals surface area contributed by atoms with E-state index in [1.165, 1.54) is 29.8 Å². The summed E-state index contributed by atoms with van der Waals surface area (Å²) in [6.07, 6.45) is 31.5. The van der Waals surface area contributed by atoms with Gasteiger partial charge < -0.3 is 23.1 Å². The van der Waals surface area contributed by atoms with E-state index >= 15 is 0 Å². The van der Waals surface area contributed by atoms with Gasteiger partial charge in [0.05, 0.1) is 17.0 Å². The summed E-state index contributed by atoms with van der Waals surface area (Å²) in [6, 6.07) is 10.7.